The summed E-state index contributed by atoms with van der Waals surface area (Å²) >= 11 is 0. The van der Waals surface area contributed by atoms with Gasteiger partial charge in [-0.25, -0.2) is 0 Å². The van der Waals surface area contributed by atoms with Crippen LogP contribution in [0.4, 0.5) is 5.69 Å². The zero-order chi connectivity index (χ0) is 18.6. The molecule has 1 amide bonds. The van der Waals surface area contributed by atoms with Gasteiger partial charge in [-0.2, -0.15) is 0 Å². The van der Waals surface area contributed by atoms with Gasteiger partial charge in [-0.15, -0.1) is 0 Å². The molecule has 1 unspecified atom stereocenters. The van der Waals surface area contributed by atoms with Crippen molar-refractivity contribution in [3.8, 4) is 5.75 Å². The second-order valence-corrected chi connectivity index (χ2v) is 7.75. The molecule has 2 aromatic rings. The Bertz CT molecular complexity index is 723. The summed E-state index contributed by atoms with van der Waals surface area (Å²) in [5.41, 5.74) is 2.69. The summed E-state index contributed by atoms with van der Waals surface area (Å²) < 4.78 is 11.3. The molecule has 1 saturated heterocycles. The van der Waals surface area contributed by atoms with E-state index in [2.05, 4.69) is 26.1 Å². The fourth-order valence-corrected chi connectivity index (χ4v) is 2.92. The van der Waals surface area contributed by atoms with E-state index in [9.17, 15) is 4.79 Å². The Labute approximate surface area is 155 Å². The van der Waals surface area contributed by atoms with Crippen LogP contribution in [0.15, 0.2) is 48.5 Å². The molecule has 26 heavy (non-hydrogen) atoms. The van der Waals surface area contributed by atoms with E-state index in [1.165, 1.54) is 5.56 Å². The lowest BCUT2D eigenvalue weighted by molar-refractivity contribution is 0.0679. The van der Waals surface area contributed by atoms with Crippen molar-refractivity contribution in [2.45, 2.75) is 45.1 Å². The Morgan fingerprint density at radius 1 is 1.12 bits per heavy atom. The molecule has 0 saturated carbocycles. The molecule has 3 rings (SSSR count). The van der Waals surface area contributed by atoms with E-state index < -0.39 is 0 Å². The van der Waals surface area contributed by atoms with Gasteiger partial charge in [-0.05, 0) is 60.2 Å². The molecule has 0 spiro atoms. The van der Waals surface area contributed by atoms with E-state index in [1.54, 1.807) is 0 Å². The van der Waals surface area contributed by atoms with Gasteiger partial charge >= 0.3 is 0 Å². The molecule has 1 N–H and O–H groups in total. The number of ether oxygens (including phenoxy) is 2. The van der Waals surface area contributed by atoms with Crippen LogP contribution in [0.2, 0.25) is 0 Å². The quantitative estimate of drug-likeness (QED) is 0.840. The minimum absolute atomic E-state index is 0.0778. The number of carbonyl (C=O) groups excluding carboxylic acids is 1. The van der Waals surface area contributed by atoms with Crippen LogP contribution in [0, 0.1) is 0 Å². The second kappa shape index (κ2) is 7.92. The second-order valence-electron chi connectivity index (χ2n) is 7.75. The van der Waals surface area contributed by atoms with Gasteiger partial charge in [-0.1, -0.05) is 32.9 Å². The average molecular weight is 353 g/mol. The third-order valence-corrected chi connectivity index (χ3v) is 4.59. The van der Waals surface area contributed by atoms with E-state index in [-0.39, 0.29) is 17.4 Å². The van der Waals surface area contributed by atoms with Crippen molar-refractivity contribution >= 4 is 11.6 Å². The van der Waals surface area contributed by atoms with Crippen LogP contribution < -0.4 is 10.1 Å². The van der Waals surface area contributed by atoms with Crippen molar-refractivity contribution in [1.82, 2.24) is 0 Å². The maximum atomic E-state index is 12.4. The zero-order valence-electron chi connectivity index (χ0n) is 15.7. The third kappa shape index (κ3) is 4.85. The number of benzene rings is 2. The number of nitrogens with one attached hydrogen (secondary N) is 1. The van der Waals surface area contributed by atoms with Gasteiger partial charge in [-0.3, -0.25) is 4.79 Å². The number of carbonyl (C=O) groups is 1. The molecule has 2 aromatic carbocycles. The number of hydrogen-bond acceptors (Lipinski definition) is 3. The maximum Gasteiger partial charge on any atom is 0.255 e. The molecule has 4 nitrogen and oxygen atoms in total. The molecular weight excluding hydrogens is 326 g/mol. The Morgan fingerprint density at radius 2 is 1.81 bits per heavy atom. The van der Waals surface area contributed by atoms with Gasteiger partial charge in [0, 0.05) is 17.9 Å². The smallest absolute Gasteiger partial charge is 0.255 e. The lowest BCUT2D eigenvalue weighted by Crippen LogP contribution is -2.16. The minimum atomic E-state index is -0.113. The van der Waals surface area contributed by atoms with Gasteiger partial charge in [0.15, 0.2) is 0 Å². The zero-order valence-corrected chi connectivity index (χ0v) is 15.7. The molecular formula is C22H27NO3. The summed E-state index contributed by atoms with van der Waals surface area (Å²) in [6.07, 6.45) is 2.36. The van der Waals surface area contributed by atoms with Crippen molar-refractivity contribution in [3.63, 3.8) is 0 Å². The van der Waals surface area contributed by atoms with Gasteiger partial charge in [0.25, 0.3) is 5.91 Å². The lowest BCUT2D eigenvalue weighted by Gasteiger charge is -2.19. The van der Waals surface area contributed by atoms with Gasteiger partial charge in [0.1, 0.15) is 12.4 Å². The van der Waals surface area contributed by atoms with Crippen LogP contribution >= 0.6 is 0 Å². The average Bonchev–Trinajstić information content (AvgIpc) is 3.14. The molecule has 0 bridgehead atoms. The Kier molecular flexibility index (Phi) is 5.62. The van der Waals surface area contributed by atoms with Gasteiger partial charge in [0.2, 0.25) is 0 Å². The first kappa shape index (κ1) is 18.5. The summed E-state index contributed by atoms with van der Waals surface area (Å²) in [5, 5.41) is 2.92. The van der Waals surface area contributed by atoms with E-state index in [0.717, 1.165) is 30.9 Å². The molecule has 1 heterocycles. The van der Waals surface area contributed by atoms with Gasteiger partial charge in [0.05, 0.1) is 6.10 Å². The largest absolute Gasteiger partial charge is 0.491 e. The summed E-state index contributed by atoms with van der Waals surface area (Å²) in [4.78, 5) is 12.4. The van der Waals surface area contributed by atoms with Crippen LogP contribution in [0.1, 0.15) is 49.5 Å². The molecule has 1 aliphatic heterocycles. The number of hydrogen-bond donors (Lipinski definition) is 1. The molecule has 0 aliphatic carbocycles. The first-order valence-corrected chi connectivity index (χ1v) is 9.18. The number of anilines is 1. The molecule has 4 heteroatoms. The molecule has 1 fully saturated rings. The van der Waals surface area contributed by atoms with Crippen molar-refractivity contribution in [1.29, 1.82) is 0 Å². The summed E-state index contributed by atoms with van der Waals surface area (Å²) in [6, 6.07) is 15.2. The van der Waals surface area contributed by atoms with E-state index in [4.69, 9.17) is 9.47 Å². The van der Waals surface area contributed by atoms with Crippen molar-refractivity contribution in [2.24, 2.45) is 0 Å². The van der Waals surface area contributed by atoms with Crippen LogP contribution in [0.25, 0.3) is 0 Å². The highest BCUT2D eigenvalue weighted by Crippen LogP contribution is 2.23. The summed E-state index contributed by atoms with van der Waals surface area (Å²) in [6.45, 7) is 7.88. The summed E-state index contributed by atoms with van der Waals surface area (Å²) in [5.74, 6) is 0.673. The van der Waals surface area contributed by atoms with Crippen LogP contribution in [-0.2, 0) is 10.2 Å². The van der Waals surface area contributed by atoms with Gasteiger partial charge < -0.3 is 14.8 Å². The monoisotopic (exact) mass is 353 g/mol. The molecule has 1 atom stereocenters. The highest BCUT2D eigenvalue weighted by Gasteiger charge is 2.16. The highest BCUT2D eigenvalue weighted by atomic mass is 16.5. The third-order valence-electron chi connectivity index (χ3n) is 4.59. The molecule has 0 radical (unpaired) electrons. The SMILES string of the molecule is CC(C)(C)c1ccc(C(=O)Nc2ccc(OCC3CCCO3)cc2)cc1. The molecule has 0 aromatic heterocycles. The Balaban J connectivity index is 1.55. The van der Waals surface area contributed by atoms with Crippen LogP contribution in [-0.4, -0.2) is 25.2 Å². The number of rotatable bonds is 5. The fourth-order valence-electron chi connectivity index (χ4n) is 2.92. The highest BCUT2D eigenvalue weighted by molar-refractivity contribution is 6.04. The number of amides is 1. The van der Waals surface area contributed by atoms with Crippen molar-refractivity contribution < 1.29 is 14.3 Å². The Hall–Kier alpha value is -2.33. The van der Waals surface area contributed by atoms with E-state index >= 15 is 0 Å². The van der Waals surface area contributed by atoms with Crippen molar-refractivity contribution in [2.75, 3.05) is 18.5 Å². The normalized spacial score (nSPS) is 17.1. The predicted octanol–water partition coefficient (Wildman–Crippen LogP) is 4.79. The van der Waals surface area contributed by atoms with Crippen LogP contribution in [0.5, 0.6) is 5.75 Å². The topological polar surface area (TPSA) is 47.6 Å². The first-order chi connectivity index (χ1) is 12.4. The van der Waals surface area contributed by atoms with Crippen molar-refractivity contribution in [3.05, 3.63) is 59.7 Å². The molecule has 138 valence electrons. The van der Waals surface area contributed by atoms with E-state index in [1.807, 2.05) is 48.5 Å². The minimum Gasteiger partial charge on any atom is -0.491 e. The maximum absolute atomic E-state index is 12.4. The molecule has 1 aliphatic rings. The standard InChI is InChI=1S/C22H27NO3/c1-22(2,3)17-8-6-16(7-9-17)21(24)23-18-10-12-19(13-11-18)26-15-20-5-4-14-25-20/h6-13,20H,4-5,14-15H2,1-3H3,(H,23,24). The van der Waals surface area contributed by atoms with Crippen LogP contribution in [0.3, 0.4) is 0 Å². The lowest BCUT2D eigenvalue weighted by atomic mass is 9.87. The first-order valence-electron chi connectivity index (χ1n) is 9.18. The Morgan fingerprint density at radius 3 is 2.38 bits per heavy atom. The van der Waals surface area contributed by atoms with E-state index in [0.29, 0.717) is 12.2 Å². The predicted molar refractivity (Wildman–Crippen MR) is 104 cm³/mol. The fraction of sp³-hybridized carbons (Fsp3) is 0.409. The summed E-state index contributed by atoms with van der Waals surface area (Å²) in [7, 11) is 0.